The van der Waals surface area contributed by atoms with Gasteiger partial charge in [0.25, 0.3) is 5.70 Å². The average Bonchev–Trinajstić information content (AvgIpc) is 3.10. The zero-order valence-electron chi connectivity index (χ0n) is 25.5. The van der Waals surface area contributed by atoms with Crippen LogP contribution >= 0.6 is 0 Å². The van der Waals surface area contributed by atoms with Crippen LogP contribution in [0.5, 0.6) is 0 Å². The van der Waals surface area contributed by atoms with Gasteiger partial charge in [-0.15, -0.1) is 0 Å². The van der Waals surface area contributed by atoms with E-state index in [0.29, 0.717) is 17.1 Å². The maximum absolute atomic E-state index is 9.55. The molecule has 0 unspecified atom stereocenters. The van der Waals surface area contributed by atoms with Crippen molar-refractivity contribution < 1.29 is 4.74 Å². The van der Waals surface area contributed by atoms with Crippen LogP contribution < -0.4 is 9.80 Å². The number of anilines is 4. The third kappa shape index (κ3) is 7.68. The van der Waals surface area contributed by atoms with E-state index in [9.17, 15) is 5.26 Å². The summed E-state index contributed by atoms with van der Waals surface area (Å²) in [6.07, 6.45) is 11.1. The first kappa shape index (κ1) is 30.4. The number of nitrogens with zero attached hydrogens (tertiary/aromatic N) is 4. The third-order valence-electron chi connectivity index (χ3n) is 7.40. The van der Waals surface area contributed by atoms with Crippen LogP contribution in [0.1, 0.15) is 25.0 Å². The number of allylic oxidation sites excluding steroid dienone is 6. The van der Waals surface area contributed by atoms with Crippen LogP contribution in [0.15, 0.2) is 156 Å². The van der Waals surface area contributed by atoms with Gasteiger partial charge in [-0.05, 0) is 103 Å². The van der Waals surface area contributed by atoms with Gasteiger partial charge >= 0.3 is 0 Å². The monoisotopic (exact) mass is 586 g/mol. The van der Waals surface area contributed by atoms with Crippen molar-refractivity contribution in [1.82, 2.24) is 0 Å². The molecule has 0 saturated carbocycles. The molecule has 0 aliphatic carbocycles. The molecule has 4 aromatic rings. The van der Waals surface area contributed by atoms with E-state index in [1.165, 1.54) is 5.69 Å². The molecule has 1 heterocycles. The van der Waals surface area contributed by atoms with Crippen molar-refractivity contribution in [3.05, 3.63) is 179 Å². The number of rotatable bonds is 10. The SMILES string of the molecule is [C-]#[N+]C(C#N)=C1C=C(C=Cc2ccc(N(CC)CC)cc2)OC(C=Cc2ccc(N(c3ccccc3)c3ccccc3)cc2)=C1. The molecule has 0 bridgehead atoms. The van der Waals surface area contributed by atoms with Gasteiger partial charge in [-0.3, -0.25) is 0 Å². The summed E-state index contributed by atoms with van der Waals surface area (Å²) >= 11 is 0. The van der Waals surface area contributed by atoms with Gasteiger partial charge in [-0.2, -0.15) is 0 Å². The summed E-state index contributed by atoms with van der Waals surface area (Å²) in [5.74, 6) is 1.09. The Labute approximate surface area is 266 Å². The van der Waals surface area contributed by atoms with Crippen LogP contribution in [0.2, 0.25) is 0 Å². The fraction of sp³-hybridized carbons (Fsp3) is 0.100. The molecule has 0 atom stereocenters. The summed E-state index contributed by atoms with van der Waals surface area (Å²) in [5.41, 5.74) is 6.93. The average molecular weight is 587 g/mol. The van der Waals surface area contributed by atoms with Crippen molar-refractivity contribution in [3.8, 4) is 6.07 Å². The largest absolute Gasteiger partial charge is 0.457 e. The Bertz CT molecular complexity index is 1770. The Morgan fingerprint density at radius 3 is 1.53 bits per heavy atom. The summed E-state index contributed by atoms with van der Waals surface area (Å²) in [5, 5.41) is 9.55. The normalized spacial score (nSPS) is 13.8. The zero-order valence-corrected chi connectivity index (χ0v) is 25.5. The number of nitriles is 1. The van der Waals surface area contributed by atoms with E-state index >= 15 is 0 Å². The highest BCUT2D eigenvalue weighted by atomic mass is 16.5. The molecule has 0 aromatic heterocycles. The molecule has 5 nitrogen and oxygen atoms in total. The van der Waals surface area contributed by atoms with Crippen LogP contribution in [0, 0.1) is 17.9 Å². The number of hydrogen-bond acceptors (Lipinski definition) is 4. The standard InChI is InChI=1S/C40H34N4O/c1-4-43(5-2)34-22-16-31(17-23-34)20-26-38-28-33(40(30-41)42-3)29-39(45-38)27-21-32-18-24-37(25-19-32)44(35-12-8-6-9-13-35)36-14-10-7-11-15-36/h6-29H,4-5H2,1-2H3. The van der Waals surface area contributed by atoms with Gasteiger partial charge < -0.3 is 14.5 Å². The van der Waals surface area contributed by atoms with Crippen LogP contribution in [-0.2, 0) is 4.74 Å². The van der Waals surface area contributed by atoms with Gasteiger partial charge in [-0.25, -0.2) is 10.1 Å². The maximum atomic E-state index is 9.55. The minimum absolute atomic E-state index is 0.0185. The van der Waals surface area contributed by atoms with E-state index in [-0.39, 0.29) is 5.70 Å². The van der Waals surface area contributed by atoms with Crippen molar-refractivity contribution >= 4 is 34.9 Å². The molecule has 1 aliphatic heterocycles. The molecule has 0 N–H and O–H groups in total. The van der Waals surface area contributed by atoms with Gasteiger partial charge in [0.1, 0.15) is 11.5 Å². The van der Waals surface area contributed by atoms with Gasteiger partial charge in [0.2, 0.25) is 0 Å². The van der Waals surface area contributed by atoms with Crippen LogP contribution in [-0.4, -0.2) is 13.1 Å². The molecule has 1 aliphatic rings. The quantitative estimate of drug-likeness (QED) is 0.137. The molecule has 45 heavy (non-hydrogen) atoms. The predicted molar refractivity (Wildman–Crippen MR) is 186 cm³/mol. The Balaban J connectivity index is 1.36. The lowest BCUT2D eigenvalue weighted by atomic mass is 10.1. The van der Waals surface area contributed by atoms with Crippen molar-refractivity contribution in [1.29, 1.82) is 5.26 Å². The summed E-state index contributed by atoms with van der Waals surface area (Å²) in [7, 11) is 0. The molecule has 0 fully saturated rings. The molecular weight excluding hydrogens is 552 g/mol. The highest BCUT2D eigenvalue weighted by Crippen LogP contribution is 2.34. The lowest BCUT2D eigenvalue weighted by molar-refractivity contribution is 0.332. The molecule has 0 saturated heterocycles. The molecule has 5 rings (SSSR count). The van der Waals surface area contributed by atoms with E-state index in [4.69, 9.17) is 11.3 Å². The van der Waals surface area contributed by atoms with E-state index in [1.807, 2.05) is 66.8 Å². The minimum Gasteiger partial charge on any atom is -0.457 e. The highest BCUT2D eigenvalue weighted by molar-refractivity contribution is 5.77. The first-order chi connectivity index (χ1) is 22.1. The second-order valence-electron chi connectivity index (χ2n) is 10.3. The molecule has 4 aromatic carbocycles. The highest BCUT2D eigenvalue weighted by Gasteiger charge is 2.13. The summed E-state index contributed by atoms with van der Waals surface area (Å²) < 4.78 is 6.16. The summed E-state index contributed by atoms with van der Waals surface area (Å²) in [4.78, 5) is 7.93. The first-order valence-electron chi connectivity index (χ1n) is 15.0. The molecule has 0 spiro atoms. The van der Waals surface area contributed by atoms with E-state index in [0.717, 1.165) is 41.3 Å². The van der Waals surface area contributed by atoms with Gasteiger partial charge in [-0.1, -0.05) is 72.8 Å². The van der Waals surface area contributed by atoms with Gasteiger partial charge in [0.05, 0.1) is 12.6 Å². The first-order valence-corrected chi connectivity index (χ1v) is 15.0. The van der Waals surface area contributed by atoms with Crippen LogP contribution in [0.4, 0.5) is 22.7 Å². The second kappa shape index (κ2) is 14.9. The smallest absolute Gasteiger partial charge is 0.269 e. The Morgan fingerprint density at radius 1 is 0.667 bits per heavy atom. The lowest BCUT2D eigenvalue weighted by Gasteiger charge is -2.25. The van der Waals surface area contributed by atoms with E-state index in [2.05, 4.69) is 101 Å². The number of ether oxygens (including phenoxy) is 1. The van der Waals surface area contributed by atoms with Crippen molar-refractivity contribution in [2.45, 2.75) is 13.8 Å². The molecule has 0 amide bonds. The van der Waals surface area contributed by atoms with Gasteiger partial charge in [0, 0.05) is 35.8 Å². The number of benzene rings is 4. The topological polar surface area (TPSA) is 43.9 Å². The predicted octanol–water partition coefficient (Wildman–Crippen LogP) is 10.2. The number of hydrogen-bond donors (Lipinski definition) is 0. The maximum Gasteiger partial charge on any atom is 0.269 e. The van der Waals surface area contributed by atoms with Crippen molar-refractivity contribution in [2.24, 2.45) is 0 Å². The second-order valence-corrected chi connectivity index (χ2v) is 10.3. The summed E-state index contributed by atoms with van der Waals surface area (Å²) in [6.45, 7) is 13.7. The van der Waals surface area contributed by atoms with Crippen molar-refractivity contribution in [3.63, 3.8) is 0 Å². The number of para-hydroxylation sites is 2. The molecule has 220 valence electrons. The minimum atomic E-state index is 0.0185. The summed E-state index contributed by atoms with van der Waals surface area (Å²) in [6, 6.07) is 39.2. The zero-order chi connectivity index (χ0) is 31.4. The molecular formula is C40H34N4O. The van der Waals surface area contributed by atoms with Gasteiger partial charge in [0.15, 0.2) is 0 Å². The fourth-order valence-electron chi connectivity index (χ4n) is 5.08. The van der Waals surface area contributed by atoms with Crippen LogP contribution in [0.25, 0.3) is 17.0 Å². The Kier molecular flexibility index (Phi) is 10.1. The lowest BCUT2D eigenvalue weighted by Crippen LogP contribution is -2.21. The Hall–Kier alpha value is -6.04. The molecule has 0 radical (unpaired) electrons. The fourth-order valence-corrected chi connectivity index (χ4v) is 5.08. The van der Waals surface area contributed by atoms with E-state index in [1.54, 1.807) is 12.2 Å². The Morgan fingerprint density at radius 2 is 1.11 bits per heavy atom. The van der Waals surface area contributed by atoms with Crippen molar-refractivity contribution in [2.75, 3.05) is 22.9 Å². The molecule has 5 heteroatoms. The van der Waals surface area contributed by atoms with Crippen LogP contribution in [0.3, 0.4) is 0 Å². The third-order valence-corrected chi connectivity index (χ3v) is 7.40. The van der Waals surface area contributed by atoms with E-state index < -0.39 is 0 Å².